The minimum absolute atomic E-state index is 0.312. The number of halogens is 2. The maximum absolute atomic E-state index is 13.6. The lowest BCUT2D eigenvalue weighted by Gasteiger charge is -2.13. The number of aromatic nitrogens is 2. The van der Waals surface area contributed by atoms with Crippen LogP contribution < -0.4 is 0 Å². The summed E-state index contributed by atoms with van der Waals surface area (Å²) in [6.07, 6.45) is 3.76. The fourth-order valence-corrected chi connectivity index (χ4v) is 2.48. The number of hydrogen-bond acceptors (Lipinski definition) is 2. The van der Waals surface area contributed by atoms with Crippen molar-refractivity contribution in [1.82, 2.24) is 9.55 Å². The maximum atomic E-state index is 13.6. The highest BCUT2D eigenvalue weighted by atomic mass is 79.9. The van der Waals surface area contributed by atoms with E-state index < -0.39 is 11.9 Å². The molecule has 0 saturated carbocycles. The van der Waals surface area contributed by atoms with Gasteiger partial charge in [-0.2, -0.15) is 0 Å². The van der Waals surface area contributed by atoms with Crippen LogP contribution in [0.5, 0.6) is 0 Å². The number of nitrogens with zero attached hydrogens (tertiary/aromatic N) is 2. The summed E-state index contributed by atoms with van der Waals surface area (Å²) in [7, 11) is 1.90. The van der Waals surface area contributed by atoms with E-state index in [2.05, 4.69) is 20.9 Å². The fraction of sp³-hybridized carbons (Fsp3) is 0.308. The van der Waals surface area contributed by atoms with Crippen LogP contribution in [0.15, 0.2) is 35.1 Å². The van der Waals surface area contributed by atoms with Crippen molar-refractivity contribution in [1.29, 1.82) is 0 Å². The van der Waals surface area contributed by atoms with E-state index in [9.17, 15) is 9.50 Å². The molecule has 0 aliphatic heterocycles. The lowest BCUT2D eigenvalue weighted by molar-refractivity contribution is 0.161. The second kappa shape index (κ2) is 5.63. The summed E-state index contributed by atoms with van der Waals surface area (Å²) in [5, 5.41) is 10.1. The summed E-state index contributed by atoms with van der Waals surface area (Å²) in [6.45, 7) is 0. The second-order valence-electron chi connectivity index (χ2n) is 4.14. The quantitative estimate of drug-likeness (QED) is 0.942. The zero-order valence-electron chi connectivity index (χ0n) is 9.98. The standard InChI is InChI=1S/C13H14BrFN2O/c1-17-8-7-16-12(17)6-5-11(18)13-9(14)3-2-4-10(13)15/h2-4,7-8,11,18H,5-6H2,1H3. The van der Waals surface area contributed by atoms with Crippen LogP contribution in [0.1, 0.15) is 23.9 Å². The Kier molecular flexibility index (Phi) is 4.14. The summed E-state index contributed by atoms with van der Waals surface area (Å²) in [6, 6.07) is 4.68. The van der Waals surface area contributed by atoms with E-state index >= 15 is 0 Å². The molecule has 96 valence electrons. The summed E-state index contributed by atoms with van der Waals surface area (Å²) in [5.74, 6) is 0.484. The maximum Gasteiger partial charge on any atom is 0.130 e. The Morgan fingerprint density at radius 3 is 2.89 bits per heavy atom. The molecule has 0 spiro atoms. The van der Waals surface area contributed by atoms with Gasteiger partial charge in [-0.25, -0.2) is 9.37 Å². The van der Waals surface area contributed by atoms with Crippen molar-refractivity contribution in [3.8, 4) is 0 Å². The van der Waals surface area contributed by atoms with Crippen molar-refractivity contribution in [2.24, 2.45) is 7.05 Å². The lowest BCUT2D eigenvalue weighted by Crippen LogP contribution is -2.06. The molecule has 0 aliphatic carbocycles. The van der Waals surface area contributed by atoms with E-state index in [4.69, 9.17) is 0 Å². The Morgan fingerprint density at radius 1 is 1.50 bits per heavy atom. The Balaban J connectivity index is 2.08. The SMILES string of the molecule is Cn1ccnc1CCC(O)c1c(F)cccc1Br. The molecule has 1 N–H and O–H groups in total. The van der Waals surface area contributed by atoms with Gasteiger partial charge in [-0.1, -0.05) is 22.0 Å². The van der Waals surface area contributed by atoms with Gasteiger partial charge in [-0.05, 0) is 18.6 Å². The van der Waals surface area contributed by atoms with Crippen LogP contribution in [0, 0.1) is 5.82 Å². The molecule has 0 amide bonds. The highest BCUT2D eigenvalue weighted by molar-refractivity contribution is 9.10. The zero-order chi connectivity index (χ0) is 13.1. The van der Waals surface area contributed by atoms with E-state index in [0.717, 1.165) is 5.82 Å². The van der Waals surface area contributed by atoms with Crippen LogP contribution in [0.2, 0.25) is 0 Å². The van der Waals surface area contributed by atoms with Crippen LogP contribution in [0.25, 0.3) is 0 Å². The van der Waals surface area contributed by atoms with Gasteiger partial charge in [0, 0.05) is 35.9 Å². The van der Waals surface area contributed by atoms with E-state index in [1.807, 2.05) is 17.8 Å². The van der Waals surface area contributed by atoms with Crippen molar-refractivity contribution in [3.63, 3.8) is 0 Å². The van der Waals surface area contributed by atoms with E-state index in [0.29, 0.717) is 22.9 Å². The van der Waals surface area contributed by atoms with Crippen LogP contribution >= 0.6 is 15.9 Å². The third-order valence-corrected chi connectivity index (χ3v) is 3.59. The molecule has 2 rings (SSSR count). The van der Waals surface area contributed by atoms with Gasteiger partial charge in [0.15, 0.2) is 0 Å². The number of rotatable bonds is 4. The number of hydrogen-bond donors (Lipinski definition) is 1. The Bertz CT molecular complexity index is 521. The molecule has 1 atom stereocenters. The Morgan fingerprint density at radius 2 is 2.28 bits per heavy atom. The first kappa shape index (κ1) is 13.2. The molecule has 1 heterocycles. The Labute approximate surface area is 113 Å². The van der Waals surface area contributed by atoms with Gasteiger partial charge >= 0.3 is 0 Å². The molecule has 18 heavy (non-hydrogen) atoms. The molecule has 0 saturated heterocycles. The van der Waals surface area contributed by atoms with Gasteiger partial charge in [0.2, 0.25) is 0 Å². The van der Waals surface area contributed by atoms with Crippen LogP contribution in [-0.4, -0.2) is 14.7 Å². The van der Waals surface area contributed by atoms with Crippen molar-refractivity contribution in [3.05, 3.63) is 52.3 Å². The van der Waals surface area contributed by atoms with Gasteiger partial charge in [0.1, 0.15) is 11.6 Å². The monoisotopic (exact) mass is 312 g/mol. The van der Waals surface area contributed by atoms with Crippen LogP contribution in [-0.2, 0) is 13.5 Å². The molecule has 5 heteroatoms. The predicted molar refractivity (Wildman–Crippen MR) is 70.6 cm³/mol. The van der Waals surface area contributed by atoms with Gasteiger partial charge in [0.25, 0.3) is 0 Å². The minimum Gasteiger partial charge on any atom is -0.388 e. The molecule has 0 radical (unpaired) electrons. The molecule has 0 fully saturated rings. The number of aryl methyl sites for hydroxylation is 2. The topological polar surface area (TPSA) is 38.0 Å². The van der Waals surface area contributed by atoms with Gasteiger partial charge in [0.05, 0.1) is 6.10 Å². The summed E-state index contributed by atoms with van der Waals surface area (Å²) in [5.41, 5.74) is 0.312. The molecule has 0 bridgehead atoms. The normalized spacial score (nSPS) is 12.7. The second-order valence-corrected chi connectivity index (χ2v) is 5.00. The van der Waals surface area contributed by atoms with Gasteiger partial charge in [-0.15, -0.1) is 0 Å². The number of aliphatic hydroxyl groups is 1. The molecule has 1 aromatic carbocycles. The van der Waals surface area contributed by atoms with E-state index in [1.54, 1.807) is 18.3 Å². The summed E-state index contributed by atoms with van der Waals surface area (Å²) < 4.78 is 16.1. The fourth-order valence-electron chi connectivity index (χ4n) is 1.88. The zero-order valence-corrected chi connectivity index (χ0v) is 11.6. The van der Waals surface area contributed by atoms with E-state index in [-0.39, 0.29) is 0 Å². The molecule has 1 aromatic heterocycles. The largest absolute Gasteiger partial charge is 0.388 e. The van der Waals surface area contributed by atoms with Crippen LogP contribution in [0.4, 0.5) is 4.39 Å². The molecule has 3 nitrogen and oxygen atoms in total. The third kappa shape index (κ3) is 2.79. The minimum atomic E-state index is -0.836. The first-order valence-electron chi connectivity index (χ1n) is 5.67. The predicted octanol–water partition coefficient (Wildman–Crippen LogP) is 2.99. The molecule has 2 aromatic rings. The average Bonchev–Trinajstić information content (AvgIpc) is 2.72. The van der Waals surface area contributed by atoms with Gasteiger partial charge < -0.3 is 9.67 Å². The summed E-state index contributed by atoms with van der Waals surface area (Å²) >= 11 is 3.26. The molecular weight excluding hydrogens is 299 g/mol. The number of benzene rings is 1. The first-order chi connectivity index (χ1) is 8.59. The highest BCUT2D eigenvalue weighted by Gasteiger charge is 2.16. The van der Waals surface area contributed by atoms with Crippen LogP contribution in [0.3, 0.4) is 0 Å². The summed E-state index contributed by atoms with van der Waals surface area (Å²) in [4.78, 5) is 4.17. The molecule has 0 aliphatic rings. The van der Waals surface area contributed by atoms with Gasteiger partial charge in [-0.3, -0.25) is 0 Å². The highest BCUT2D eigenvalue weighted by Crippen LogP contribution is 2.28. The smallest absolute Gasteiger partial charge is 0.130 e. The Hall–Kier alpha value is -1.20. The molecule has 1 unspecified atom stereocenters. The van der Waals surface area contributed by atoms with Crippen molar-refractivity contribution in [2.45, 2.75) is 18.9 Å². The number of imidazole rings is 1. The molecular formula is C13H14BrFN2O. The van der Waals surface area contributed by atoms with Crippen molar-refractivity contribution in [2.75, 3.05) is 0 Å². The van der Waals surface area contributed by atoms with Crippen molar-refractivity contribution >= 4 is 15.9 Å². The van der Waals surface area contributed by atoms with Crippen molar-refractivity contribution < 1.29 is 9.50 Å². The first-order valence-corrected chi connectivity index (χ1v) is 6.47. The number of aliphatic hydroxyl groups excluding tert-OH is 1. The van der Waals surface area contributed by atoms with E-state index in [1.165, 1.54) is 6.07 Å². The average molecular weight is 313 g/mol. The third-order valence-electron chi connectivity index (χ3n) is 2.90. The lowest BCUT2D eigenvalue weighted by atomic mass is 10.0.